The van der Waals surface area contributed by atoms with Crippen molar-refractivity contribution in [1.82, 2.24) is 0 Å². The van der Waals surface area contributed by atoms with E-state index in [-0.39, 0.29) is 0 Å². The summed E-state index contributed by atoms with van der Waals surface area (Å²) in [5.41, 5.74) is 2.02. The molecule has 1 heterocycles. The van der Waals surface area contributed by atoms with Crippen LogP contribution in [0, 0.1) is 0 Å². The molecule has 2 aromatic rings. The molecule has 0 amide bonds. The van der Waals surface area contributed by atoms with E-state index in [1.807, 2.05) is 43.3 Å². The van der Waals surface area contributed by atoms with E-state index in [0.717, 1.165) is 22.3 Å². The summed E-state index contributed by atoms with van der Waals surface area (Å²) in [6.07, 6.45) is 1.97. The number of rotatable bonds is 2. The number of furan rings is 1. The summed E-state index contributed by atoms with van der Waals surface area (Å²) < 4.78 is 5.61. The molecule has 1 aromatic carbocycles. The Balaban J connectivity index is 2.45. The molecule has 0 saturated carbocycles. The number of para-hydroxylation sites is 1. The Hall–Kier alpha value is -1.21. The van der Waals surface area contributed by atoms with Crippen LogP contribution in [0.2, 0.25) is 0 Å². The van der Waals surface area contributed by atoms with Crippen molar-refractivity contribution >= 4 is 28.6 Å². The molecule has 0 N–H and O–H groups in total. The molecular formula is C12H11ClO. The van der Waals surface area contributed by atoms with Crippen molar-refractivity contribution in [2.75, 3.05) is 5.88 Å². The number of hydrogen-bond acceptors (Lipinski definition) is 1. The number of alkyl halides is 1. The molecule has 0 fully saturated rings. The highest BCUT2D eigenvalue weighted by Gasteiger charge is 1.99. The number of hydrogen-bond donors (Lipinski definition) is 0. The zero-order valence-electron chi connectivity index (χ0n) is 7.96. The SMILES string of the molecule is CC(=Cc1cc2ccccc2o1)CCl. The Bertz CT molecular complexity index is 435. The van der Waals surface area contributed by atoms with E-state index in [0.29, 0.717) is 5.88 Å². The molecule has 1 nitrogen and oxygen atoms in total. The van der Waals surface area contributed by atoms with E-state index in [9.17, 15) is 0 Å². The van der Waals surface area contributed by atoms with Crippen molar-refractivity contribution < 1.29 is 4.42 Å². The van der Waals surface area contributed by atoms with E-state index in [4.69, 9.17) is 16.0 Å². The van der Waals surface area contributed by atoms with Crippen LogP contribution in [0.3, 0.4) is 0 Å². The van der Waals surface area contributed by atoms with Gasteiger partial charge in [0.05, 0.1) is 0 Å². The summed E-state index contributed by atoms with van der Waals surface area (Å²) in [5.74, 6) is 1.40. The normalized spacial score (nSPS) is 12.3. The molecule has 0 bridgehead atoms. The van der Waals surface area contributed by atoms with Gasteiger partial charge in [-0.2, -0.15) is 0 Å². The fraction of sp³-hybridized carbons (Fsp3) is 0.167. The molecule has 1 aromatic heterocycles. The van der Waals surface area contributed by atoms with Crippen molar-refractivity contribution in [2.24, 2.45) is 0 Å². The fourth-order valence-electron chi connectivity index (χ4n) is 1.35. The number of halogens is 1. The average molecular weight is 207 g/mol. The Morgan fingerprint density at radius 2 is 2.21 bits per heavy atom. The van der Waals surface area contributed by atoms with Crippen LogP contribution in [-0.2, 0) is 0 Å². The van der Waals surface area contributed by atoms with E-state index in [1.165, 1.54) is 0 Å². The molecule has 14 heavy (non-hydrogen) atoms. The first-order valence-electron chi connectivity index (χ1n) is 4.51. The fourth-order valence-corrected chi connectivity index (χ4v) is 1.43. The van der Waals surface area contributed by atoms with E-state index < -0.39 is 0 Å². The quantitative estimate of drug-likeness (QED) is 0.675. The van der Waals surface area contributed by atoms with Crippen LogP contribution < -0.4 is 0 Å². The molecule has 0 aliphatic heterocycles. The zero-order chi connectivity index (χ0) is 9.97. The lowest BCUT2D eigenvalue weighted by atomic mass is 10.2. The minimum atomic E-state index is 0.539. The molecule has 72 valence electrons. The third-order valence-corrected chi connectivity index (χ3v) is 2.47. The van der Waals surface area contributed by atoms with E-state index in [2.05, 4.69) is 0 Å². The number of allylic oxidation sites excluding steroid dienone is 1. The summed E-state index contributed by atoms with van der Waals surface area (Å²) in [4.78, 5) is 0. The highest BCUT2D eigenvalue weighted by atomic mass is 35.5. The van der Waals surface area contributed by atoms with Crippen molar-refractivity contribution in [3.05, 3.63) is 41.7 Å². The predicted molar refractivity (Wildman–Crippen MR) is 60.6 cm³/mol. The first kappa shape index (κ1) is 9.35. The van der Waals surface area contributed by atoms with Gasteiger partial charge < -0.3 is 4.42 Å². The highest BCUT2D eigenvalue weighted by molar-refractivity contribution is 6.19. The lowest BCUT2D eigenvalue weighted by Gasteiger charge is -1.89. The van der Waals surface area contributed by atoms with Crippen LogP contribution in [-0.4, -0.2) is 5.88 Å². The van der Waals surface area contributed by atoms with Crippen LogP contribution in [0.15, 0.2) is 40.3 Å². The summed E-state index contributed by atoms with van der Waals surface area (Å²) in [6, 6.07) is 9.98. The lowest BCUT2D eigenvalue weighted by molar-refractivity contribution is 0.604. The monoisotopic (exact) mass is 206 g/mol. The summed E-state index contributed by atoms with van der Waals surface area (Å²) in [6.45, 7) is 1.99. The maximum Gasteiger partial charge on any atom is 0.134 e. The first-order chi connectivity index (χ1) is 6.79. The molecule has 0 aliphatic carbocycles. The van der Waals surface area contributed by atoms with Gasteiger partial charge in [-0.1, -0.05) is 23.8 Å². The Morgan fingerprint density at radius 1 is 1.43 bits per heavy atom. The van der Waals surface area contributed by atoms with Crippen LogP contribution in [0.1, 0.15) is 12.7 Å². The molecule has 0 saturated heterocycles. The second kappa shape index (κ2) is 3.89. The molecule has 0 radical (unpaired) electrons. The van der Waals surface area contributed by atoms with Crippen molar-refractivity contribution in [2.45, 2.75) is 6.92 Å². The van der Waals surface area contributed by atoms with Crippen molar-refractivity contribution in [3.63, 3.8) is 0 Å². The molecule has 2 rings (SSSR count). The summed E-state index contributed by atoms with van der Waals surface area (Å²) >= 11 is 5.69. The minimum Gasteiger partial charge on any atom is -0.457 e. The lowest BCUT2D eigenvalue weighted by Crippen LogP contribution is -1.74. The zero-order valence-corrected chi connectivity index (χ0v) is 8.71. The van der Waals surface area contributed by atoms with Crippen LogP contribution in [0.25, 0.3) is 17.0 Å². The summed E-state index contributed by atoms with van der Waals surface area (Å²) in [5, 5.41) is 1.13. The molecule has 0 atom stereocenters. The summed E-state index contributed by atoms with van der Waals surface area (Å²) in [7, 11) is 0. The minimum absolute atomic E-state index is 0.539. The van der Waals surface area contributed by atoms with Gasteiger partial charge in [0.2, 0.25) is 0 Å². The topological polar surface area (TPSA) is 13.1 Å². The van der Waals surface area contributed by atoms with Gasteiger partial charge in [0.25, 0.3) is 0 Å². The molecule has 0 aliphatic rings. The van der Waals surface area contributed by atoms with Gasteiger partial charge in [-0.05, 0) is 25.1 Å². The molecule has 0 unspecified atom stereocenters. The van der Waals surface area contributed by atoms with Gasteiger partial charge in [-0.15, -0.1) is 11.6 Å². The van der Waals surface area contributed by atoms with Gasteiger partial charge >= 0.3 is 0 Å². The smallest absolute Gasteiger partial charge is 0.134 e. The number of fused-ring (bicyclic) bond motifs is 1. The van der Waals surface area contributed by atoms with Gasteiger partial charge in [-0.3, -0.25) is 0 Å². The molecule has 2 heteroatoms. The van der Waals surface area contributed by atoms with Crippen LogP contribution in [0.4, 0.5) is 0 Å². The van der Waals surface area contributed by atoms with Crippen molar-refractivity contribution in [1.29, 1.82) is 0 Å². The molecule has 0 spiro atoms. The Morgan fingerprint density at radius 3 is 2.93 bits per heavy atom. The average Bonchev–Trinajstić information content (AvgIpc) is 2.59. The van der Waals surface area contributed by atoms with Gasteiger partial charge in [0.1, 0.15) is 11.3 Å². The van der Waals surface area contributed by atoms with E-state index >= 15 is 0 Å². The first-order valence-corrected chi connectivity index (χ1v) is 5.05. The highest BCUT2D eigenvalue weighted by Crippen LogP contribution is 2.20. The predicted octanol–water partition coefficient (Wildman–Crippen LogP) is 4.07. The van der Waals surface area contributed by atoms with Gasteiger partial charge in [-0.25, -0.2) is 0 Å². The largest absolute Gasteiger partial charge is 0.457 e. The van der Waals surface area contributed by atoms with Gasteiger partial charge in [0.15, 0.2) is 0 Å². The van der Waals surface area contributed by atoms with Crippen LogP contribution >= 0.6 is 11.6 Å². The third kappa shape index (κ3) is 1.83. The Kier molecular flexibility index (Phi) is 2.60. The maximum atomic E-state index is 5.69. The maximum absolute atomic E-state index is 5.69. The number of benzene rings is 1. The van der Waals surface area contributed by atoms with Crippen LogP contribution in [0.5, 0.6) is 0 Å². The van der Waals surface area contributed by atoms with Crippen molar-refractivity contribution in [3.8, 4) is 0 Å². The van der Waals surface area contributed by atoms with Gasteiger partial charge in [0, 0.05) is 11.3 Å². The second-order valence-corrected chi connectivity index (χ2v) is 3.58. The third-order valence-electron chi connectivity index (χ3n) is 2.04. The van der Waals surface area contributed by atoms with E-state index in [1.54, 1.807) is 0 Å². The molecular weight excluding hydrogens is 196 g/mol. The second-order valence-electron chi connectivity index (χ2n) is 3.31. The standard InChI is InChI=1S/C12H11ClO/c1-9(8-13)6-11-7-10-4-2-3-5-12(10)14-11/h2-7H,8H2,1H3. The Labute approximate surface area is 88.0 Å².